The average Bonchev–Trinajstić information content (AvgIpc) is 2.92. The third-order valence-electron chi connectivity index (χ3n) is 7.05. The van der Waals surface area contributed by atoms with Gasteiger partial charge in [0.2, 0.25) is 11.1 Å². The Balaban J connectivity index is 1.34. The van der Waals surface area contributed by atoms with E-state index in [1.54, 1.807) is 0 Å². The summed E-state index contributed by atoms with van der Waals surface area (Å²) in [5, 5.41) is 12.2. The molecular weight excluding hydrogens is 358 g/mol. The molecule has 27 heavy (non-hydrogen) atoms. The molecule has 7 heteroatoms. The highest BCUT2D eigenvalue weighted by molar-refractivity contribution is 7.99. The maximum absolute atomic E-state index is 12.6. The lowest BCUT2D eigenvalue weighted by molar-refractivity contribution is -0.123. The van der Waals surface area contributed by atoms with E-state index in [0.717, 1.165) is 23.6 Å². The number of rotatable bonds is 5. The number of amides is 1. The Morgan fingerprint density at radius 3 is 2.26 bits per heavy atom. The minimum absolute atomic E-state index is 0.0727. The molecule has 5 rings (SSSR count). The molecule has 0 unspecified atom stereocenters. The lowest BCUT2D eigenvalue weighted by atomic mass is 9.48. The molecule has 0 aliphatic heterocycles. The van der Waals surface area contributed by atoms with Gasteiger partial charge in [0, 0.05) is 11.5 Å². The van der Waals surface area contributed by atoms with Gasteiger partial charge in [-0.15, -0.1) is 10.2 Å². The smallest absolute Gasteiger partial charge is 0.230 e. The Kier molecular flexibility index (Phi) is 4.72. The number of hydrogen-bond donors (Lipinski definition) is 2. The van der Waals surface area contributed by atoms with Crippen LogP contribution in [0.5, 0.6) is 0 Å². The summed E-state index contributed by atoms with van der Waals surface area (Å²) in [5.41, 5.74) is 0.165. The van der Waals surface area contributed by atoms with Gasteiger partial charge in [-0.25, -0.2) is 4.68 Å². The molecule has 0 aromatic carbocycles. The van der Waals surface area contributed by atoms with Gasteiger partial charge in [0.15, 0.2) is 5.82 Å². The highest BCUT2D eigenvalue weighted by Crippen LogP contribution is 2.61. The number of thioether (sulfide) groups is 1. The van der Waals surface area contributed by atoms with Crippen LogP contribution in [-0.4, -0.2) is 32.6 Å². The Morgan fingerprint density at radius 2 is 1.78 bits per heavy atom. The number of carbonyl (C=O) groups is 1. The number of hydrogen-bond acceptors (Lipinski definition) is 5. The van der Waals surface area contributed by atoms with Crippen LogP contribution in [0, 0.1) is 23.2 Å². The van der Waals surface area contributed by atoms with Crippen LogP contribution in [0.25, 0.3) is 0 Å². The first-order valence-electron chi connectivity index (χ1n) is 10.3. The van der Waals surface area contributed by atoms with Crippen molar-refractivity contribution in [2.75, 3.05) is 11.6 Å². The van der Waals surface area contributed by atoms with Crippen molar-refractivity contribution >= 4 is 17.7 Å². The maximum Gasteiger partial charge on any atom is 0.230 e. The quantitative estimate of drug-likeness (QED) is 0.595. The molecule has 0 radical (unpaired) electrons. The average molecular weight is 392 g/mol. The van der Waals surface area contributed by atoms with Crippen LogP contribution in [0.1, 0.15) is 72.0 Å². The van der Waals surface area contributed by atoms with Crippen LogP contribution in [0.4, 0.5) is 0 Å². The van der Waals surface area contributed by atoms with Crippen molar-refractivity contribution in [3.05, 3.63) is 5.82 Å². The summed E-state index contributed by atoms with van der Waals surface area (Å²) in [6.07, 6.45) is 8.20. The van der Waals surface area contributed by atoms with E-state index in [-0.39, 0.29) is 17.4 Å². The van der Waals surface area contributed by atoms with E-state index in [2.05, 4.69) is 43.2 Å². The van der Waals surface area contributed by atoms with Crippen LogP contribution in [0.2, 0.25) is 0 Å². The van der Waals surface area contributed by atoms with Crippen molar-refractivity contribution in [2.24, 2.45) is 23.2 Å². The molecule has 0 saturated heterocycles. The summed E-state index contributed by atoms with van der Waals surface area (Å²) in [6.45, 7) is 8.37. The first kappa shape index (κ1) is 19.1. The van der Waals surface area contributed by atoms with E-state index in [9.17, 15) is 4.79 Å². The highest BCUT2D eigenvalue weighted by atomic mass is 32.2. The SMILES string of the molecule is C[C@H](NC(=O)CSc1nnc(C(C)(C)C)n1N)C12CC3CC(CC(C3)C1)C2. The number of nitrogens with two attached hydrogens (primary N) is 1. The lowest BCUT2D eigenvalue weighted by Crippen LogP contribution is -2.56. The Hall–Kier alpha value is -1.24. The van der Waals surface area contributed by atoms with Crippen molar-refractivity contribution in [1.29, 1.82) is 0 Å². The Bertz CT molecular complexity index is 687. The highest BCUT2D eigenvalue weighted by Gasteiger charge is 2.53. The van der Waals surface area contributed by atoms with Crippen LogP contribution in [-0.2, 0) is 10.2 Å². The fourth-order valence-corrected chi connectivity index (χ4v) is 6.83. The molecule has 1 aromatic heterocycles. The standard InChI is InChI=1S/C20H33N5OS/c1-12(20-8-13-5-14(9-20)7-15(6-13)10-20)22-16(26)11-27-18-24-23-17(25(18)21)19(2,3)4/h12-15H,5-11,21H2,1-4H3,(H,22,26)/t12-,13?,14?,15?,20?/m0/s1. The first-order chi connectivity index (χ1) is 12.7. The molecule has 4 fully saturated rings. The number of nitrogen functional groups attached to an aromatic ring is 1. The zero-order valence-corrected chi connectivity index (χ0v) is 17.8. The van der Waals surface area contributed by atoms with Gasteiger partial charge in [-0.1, -0.05) is 32.5 Å². The van der Waals surface area contributed by atoms with Gasteiger partial charge < -0.3 is 11.2 Å². The monoisotopic (exact) mass is 391 g/mol. The van der Waals surface area contributed by atoms with Crippen molar-refractivity contribution in [3.8, 4) is 0 Å². The zero-order chi connectivity index (χ0) is 19.4. The summed E-state index contributed by atoms with van der Waals surface area (Å²) in [6, 6.07) is 0.250. The molecule has 3 N–H and O–H groups in total. The van der Waals surface area contributed by atoms with Crippen molar-refractivity contribution < 1.29 is 4.79 Å². The second-order valence-electron chi connectivity index (χ2n) is 10.3. The number of nitrogens with one attached hydrogen (secondary N) is 1. The summed E-state index contributed by atoms with van der Waals surface area (Å²) in [4.78, 5) is 12.6. The molecule has 4 aliphatic rings. The number of nitrogens with zero attached hydrogens (tertiary/aromatic N) is 3. The molecule has 4 saturated carbocycles. The molecule has 150 valence electrons. The second-order valence-corrected chi connectivity index (χ2v) is 11.2. The first-order valence-corrected chi connectivity index (χ1v) is 11.3. The topological polar surface area (TPSA) is 85.8 Å². The molecule has 1 atom stereocenters. The summed E-state index contributed by atoms with van der Waals surface area (Å²) < 4.78 is 1.51. The predicted octanol–water partition coefficient (Wildman–Crippen LogP) is 3.10. The van der Waals surface area contributed by atoms with Crippen LogP contribution >= 0.6 is 11.8 Å². The molecule has 1 amide bonds. The van der Waals surface area contributed by atoms with E-state index in [1.807, 2.05) is 0 Å². The van der Waals surface area contributed by atoms with Gasteiger partial charge in [-0.2, -0.15) is 0 Å². The largest absolute Gasteiger partial charge is 0.352 e. The lowest BCUT2D eigenvalue weighted by Gasteiger charge is -2.59. The van der Waals surface area contributed by atoms with Crippen LogP contribution in [0.3, 0.4) is 0 Å². The van der Waals surface area contributed by atoms with Gasteiger partial charge in [0.05, 0.1) is 5.75 Å². The normalized spacial score (nSPS) is 33.3. The fourth-order valence-electron chi connectivity index (χ4n) is 6.16. The minimum atomic E-state index is -0.171. The van der Waals surface area contributed by atoms with Crippen molar-refractivity contribution in [1.82, 2.24) is 20.2 Å². The minimum Gasteiger partial charge on any atom is -0.352 e. The van der Waals surface area contributed by atoms with Crippen LogP contribution < -0.4 is 11.2 Å². The predicted molar refractivity (Wildman–Crippen MR) is 108 cm³/mol. The third-order valence-corrected chi connectivity index (χ3v) is 7.99. The Labute approximate surface area is 166 Å². The zero-order valence-electron chi connectivity index (χ0n) is 17.0. The molecule has 6 nitrogen and oxygen atoms in total. The number of carbonyl (C=O) groups excluding carboxylic acids is 1. The Morgan fingerprint density at radius 1 is 1.22 bits per heavy atom. The van der Waals surface area contributed by atoms with Crippen molar-refractivity contribution in [2.45, 2.75) is 82.8 Å². The molecule has 4 aliphatic carbocycles. The van der Waals surface area contributed by atoms with E-state index in [4.69, 9.17) is 5.84 Å². The van der Waals surface area contributed by atoms with Gasteiger partial charge in [-0.05, 0) is 68.6 Å². The molecule has 1 heterocycles. The van der Waals surface area contributed by atoms with E-state index >= 15 is 0 Å². The van der Waals surface area contributed by atoms with Crippen LogP contribution in [0.15, 0.2) is 5.16 Å². The van der Waals surface area contributed by atoms with E-state index < -0.39 is 0 Å². The van der Waals surface area contributed by atoms with Gasteiger partial charge in [0.1, 0.15) is 0 Å². The van der Waals surface area contributed by atoms with Gasteiger partial charge in [0.25, 0.3) is 0 Å². The summed E-state index contributed by atoms with van der Waals surface area (Å²) >= 11 is 1.36. The number of aromatic nitrogens is 3. The maximum atomic E-state index is 12.6. The van der Waals surface area contributed by atoms with Gasteiger partial charge in [-0.3, -0.25) is 4.79 Å². The summed E-state index contributed by atoms with van der Waals surface area (Å²) in [7, 11) is 0. The molecular formula is C20H33N5OS. The molecule has 0 spiro atoms. The van der Waals surface area contributed by atoms with E-state index in [1.165, 1.54) is 55.0 Å². The third kappa shape index (κ3) is 3.59. The second kappa shape index (κ2) is 6.68. The van der Waals surface area contributed by atoms with Gasteiger partial charge >= 0.3 is 0 Å². The molecule has 1 aromatic rings. The van der Waals surface area contributed by atoms with Crippen molar-refractivity contribution in [3.63, 3.8) is 0 Å². The van der Waals surface area contributed by atoms with E-state index in [0.29, 0.717) is 16.3 Å². The molecule has 4 bridgehead atoms. The summed E-state index contributed by atoms with van der Waals surface area (Å²) in [5.74, 6) is 9.95. The fraction of sp³-hybridized carbons (Fsp3) is 0.850.